The van der Waals surface area contributed by atoms with Crippen LogP contribution in [0.1, 0.15) is 21.7 Å². The number of benzene rings is 1. The van der Waals surface area contributed by atoms with E-state index in [-0.39, 0.29) is 17.4 Å². The van der Waals surface area contributed by atoms with Crippen molar-refractivity contribution in [3.8, 4) is 5.75 Å². The van der Waals surface area contributed by atoms with E-state index >= 15 is 0 Å². The Balaban J connectivity index is 2.25. The molecule has 4 nitrogen and oxygen atoms in total. The fourth-order valence-corrected chi connectivity index (χ4v) is 1.53. The van der Waals surface area contributed by atoms with E-state index in [2.05, 4.69) is 5.32 Å². The Morgan fingerprint density at radius 1 is 1.24 bits per heavy atom. The normalized spacial score (nSPS) is 10.2. The zero-order valence-corrected chi connectivity index (χ0v) is 9.65. The number of carbonyl (C=O) groups excluding carboxylic acids is 1. The number of rotatable bonds is 2. The smallest absolute Gasteiger partial charge is 0.291 e. The van der Waals surface area contributed by atoms with Crippen LogP contribution >= 0.6 is 0 Å². The van der Waals surface area contributed by atoms with Crippen LogP contribution in [0.5, 0.6) is 5.75 Å². The molecular formula is C13H13NO3. The third-order valence-corrected chi connectivity index (χ3v) is 2.75. The van der Waals surface area contributed by atoms with Crippen molar-refractivity contribution < 1.29 is 14.3 Å². The quantitative estimate of drug-likeness (QED) is 0.781. The average molecular weight is 231 g/mol. The second-order valence-corrected chi connectivity index (χ2v) is 3.81. The van der Waals surface area contributed by atoms with Gasteiger partial charge in [0.15, 0.2) is 5.76 Å². The molecule has 0 radical (unpaired) electrons. The Morgan fingerprint density at radius 3 is 2.65 bits per heavy atom. The van der Waals surface area contributed by atoms with Gasteiger partial charge in [-0.15, -0.1) is 0 Å². The zero-order valence-electron chi connectivity index (χ0n) is 9.65. The number of hydrogen-bond acceptors (Lipinski definition) is 3. The molecule has 0 aliphatic carbocycles. The van der Waals surface area contributed by atoms with Crippen molar-refractivity contribution in [3.05, 3.63) is 47.4 Å². The van der Waals surface area contributed by atoms with Gasteiger partial charge in [0.25, 0.3) is 5.91 Å². The molecule has 0 spiro atoms. The second kappa shape index (κ2) is 4.33. The van der Waals surface area contributed by atoms with E-state index in [1.807, 2.05) is 6.92 Å². The van der Waals surface area contributed by atoms with E-state index in [0.717, 1.165) is 11.1 Å². The Labute approximate surface area is 98.9 Å². The molecule has 2 aromatic rings. The van der Waals surface area contributed by atoms with Crippen molar-refractivity contribution in [2.45, 2.75) is 13.8 Å². The molecule has 0 aliphatic heterocycles. The molecule has 0 atom stereocenters. The lowest BCUT2D eigenvalue weighted by Gasteiger charge is -2.10. The van der Waals surface area contributed by atoms with Crippen LogP contribution in [0.3, 0.4) is 0 Å². The van der Waals surface area contributed by atoms with Gasteiger partial charge in [0.05, 0.1) is 6.26 Å². The average Bonchev–Trinajstić information content (AvgIpc) is 2.83. The van der Waals surface area contributed by atoms with Crippen molar-refractivity contribution in [3.63, 3.8) is 0 Å². The highest BCUT2D eigenvalue weighted by Gasteiger charge is 2.11. The molecule has 2 N–H and O–H groups in total. The largest absolute Gasteiger partial charge is 0.508 e. The summed E-state index contributed by atoms with van der Waals surface area (Å²) in [4.78, 5) is 11.8. The first kappa shape index (κ1) is 11.3. The molecule has 0 unspecified atom stereocenters. The van der Waals surface area contributed by atoms with Crippen molar-refractivity contribution in [1.29, 1.82) is 0 Å². The predicted octanol–water partition coefficient (Wildman–Crippen LogP) is 2.85. The molecule has 0 saturated heterocycles. The number of amides is 1. The zero-order chi connectivity index (χ0) is 12.4. The molecule has 1 aromatic carbocycles. The number of carbonyl (C=O) groups is 1. The van der Waals surface area contributed by atoms with Crippen LogP contribution in [0.2, 0.25) is 0 Å². The molecule has 0 saturated carbocycles. The van der Waals surface area contributed by atoms with Gasteiger partial charge < -0.3 is 14.8 Å². The maximum absolute atomic E-state index is 11.8. The summed E-state index contributed by atoms with van der Waals surface area (Å²) in [5.74, 6) is 0.178. The molecule has 1 aromatic heterocycles. The summed E-state index contributed by atoms with van der Waals surface area (Å²) in [5.41, 5.74) is 2.26. The lowest BCUT2D eigenvalue weighted by atomic mass is 10.1. The number of furan rings is 1. The predicted molar refractivity (Wildman–Crippen MR) is 64.2 cm³/mol. The van der Waals surface area contributed by atoms with Crippen LogP contribution in [0.4, 0.5) is 5.69 Å². The second-order valence-electron chi connectivity index (χ2n) is 3.81. The molecule has 2 rings (SSSR count). The number of phenols is 1. The topological polar surface area (TPSA) is 62.5 Å². The molecular weight excluding hydrogens is 218 g/mol. The number of aromatic hydroxyl groups is 1. The summed E-state index contributed by atoms with van der Waals surface area (Å²) in [6.45, 7) is 3.64. The third kappa shape index (κ3) is 2.15. The summed E-state index contributed by atoms with van der Waals surface area (Å²) in [6, 6.07) is 6.47. The molecule has 4 heteroatoms. The number of hydrogen-bond donors (Lipinski definition) is 2. The Hall–Kier alpha value is -2.23. The highest BCUT2D eigenvalue weighted by Crippen LogP contribution is 2.26. The maximum Gasteiger partial charge on any atom is 0.291 e. The van der Waals surface area contributed by atoms with Crippen LogP contribution in [-0.2, 0) is 0 Å². The van der Waals surface area contributed by atoms with Crippen molar-refractivity contribution in [1.82, 2.24) is 0 Å². The fraction of sp³-hybridized carbons (Fsp3) is 0.154. The monoisotopic (exact) mass is 231 g/mol. The Kier molecular flexibility index (Phi) is 2.87. The first-order valence-corrected chi connectivity index (χ1v) is 5.23. The number of nitrogens with one attached hydrogen (secondary N) is 1. The Bertz CT molecular complexity index is 544. The molecule has 17 heavy (non-hydrogen) atoms. The maximum atomic E-state index is 11.8. The van der Waals surface area contributed by atoms with Gasteiger partial charge in [0.1, 0.15) is 5.75 Å². The van der Waals surface area contributed by atoms with Crippen molar-refractivity contribution in [2.75, 3.05) is 5.32 Å². The fourth-order valence-electron chi connectivity index (χ4n) is 1.53. The van der Waals surface area contributed by atoms with Gasteiger partial charge in [-0.3, -0.25) is 4.79 Å². The highest BCUT2D eigenvalue weighted by molar-refractivity contribution is 6.02. The third-order valence-electron chi connectivity index (χ3n) is 2.75. The molecule has 1 heterocycles. The minimum Gasteiger partial charge on any atom is -0.508 e. The van der Waals surface area contributed by atoms with Crippen LogP contribution in [0.15, 0.2) is 34.9 Å². The number of phenolic OH excluding ortho intramolecular Hbond substituents is 1. The molecule has 1 amide bonds. The summed E-state index contributed by atoms with van der Waals surface area (Å²) in [7, 11) is 0. The van der Waals surface area contributed by atoms with E-state index in [9.17, 15) is 9.90 Å². The van der Waals surface area contributed by atoms with E-state index in [4.69, 9.17) is 4.42 Å². The van der Waals surface area contributed by atoms with Crippen molar-refractivity contribution in [2.24, 2.45) is 0 Å². The van der Waals surface area contributed by atoms with E-state index in [1.54, 1.807) is 31.2 Å². The van der Waals surface area contributed by atoms with Crippen LogP contribution in [-0.4, -0.2) is 11.0 Å². The molecule has 0 aliphatic rings. The lowest BCUT2D eigenvalue weighted by molar-refractivity contribution is 0.0996. The molecule has 88 valence electrons. The standard InChI is InChI=1S/C13H13NO3/c1-8-9(2)11(15)6-5-10(8)14-13(16)12-4-3-7-17-12/h3-7,15H,1-2H3,(H,14,16). The van der Waals surface area contributed by atoms with E-state index in [1.165, 1.54) is 6.26 Å². The van der Waals surface area contributed by atoms with Gasteiger partial charge in [-0.05, 0) is 49.2 Å². The van der Waals surface area contributed by atoms with Gasteiger partial charge in [-0.2, -0.15) is 0 Å². The summed E-state index contributed by atoms with van der Waals surface area (Å²) in [6.07, 6.45) is 1.45. The first-order chi connectivity index (χ1) is 8.09. The van der Waals surface area contributed by atoms with Crippen LogP contribution in [0.25, 0.3) is 0 Å². The molecule has 0 bridgehead atoms. The SMILES string of the molecule is Cc1c(O)ccc(NC(=O)c2ccco2)c1C. The minimum atomic E-state index is -0.303. The van der Waals surface area contributed by atoms with Crippen LogP contribution < -0.4 is 5.32 Å². The lowest BCUT2D eigenvalue weighted by Crippen LogP contribution is -2.12. The van der Waals surface area contributed by atoms with Crippen LogP contribution in [0, 0.1) is 13.8 Å². The van der Waals surface area contributed by atoms with Crippen molar-refractivity contribution >= 4 is 11.6 Å². The van der Waals surface area contributed by atoms with Gasteiger partial charge in [0.2, 0.25) is 0 Å². The van der Waals surface area contributed by atoms with Gasteiger partial charge >= 0.3 is 0 Å². The number of anilines is 1. The summed E-state index contributed by atoms with van der Waals surface area (Å²) >= 11 is 0. The highest BCUT2D eigenvalue weighted by atomic mass is 16.3. The van der Waals surface area contributed by atoms with Gasteiger partial charge in [-0.25, -0.2) is 0 Å². The Morgan fingerprint density at radius 2 is 2.00 bits per heavy atom. The molecule has 0 fully saturated rings. The van der Waals surface area contributed by atoms with Gasteiger partial charge in [0, 0.05) is 5.69 Å². The minimum absolute atomic E-state index is 0.221. The van der Waals surface area contributed by atoms with Gasteiger partial charge in [-0.1, -0.05) is 0 Å². The first-order valence-electron chi connectivity index (χ1n) is 5.23. The summed E-state index contributed by atoms with van der Waals surface area (Å²) < 4.78 is 5.00. The van der Waals surface area contributed by atoms with E-state index in [0.29, 0.717) is 5.69 Å². The van der Waals surface area contributed by atoms with E-state index < -0.39 is 0 Å². The summed E-state index contributed by atoms with van der Waals surface area (Å²) in [5, 5.41) is 12.2.